The van der Waals surface area contributed by atoms with Crippen LogP contribution in [0.25, 0.3) is 11.1 Å². The monoisotopic (exact) mass is 288 g/mol. The summed E-state index contributed by atoms with van der Waals surface area (Å²) < 4.78 is 0. The molecule has 0 aliphatic heterocycles. The molecule has 2 aromatic rings. The van der Waals surface area contributed by atoms with Crippen molar-refractivity contribution in [2.45, 2.75) is 0 Å². The predicted octanol–water partition coefficient (Wildman–Crippen LogP) is 1.43. The average Bonchev–Trinajstić information content (AvgIpc) is 2.47. The van der Waals surface area contributed by atoms with Crippen LogP contribution in [0.4, 0.5) is 11.4 Å². The minimum absolute atomic E-state index is 0.0232. The third-order valence-electron chi connectivity index (χ3n) is 3.30. The maximum absolute atomic E-state index is 10.1. The van der Waals surface area contributed by atoms with Crippen molar-refractivity contribution < 1.29 is 15.3 Å². The van der Waals surface area contributed by atoms with Crippen LogP contribution in [-0.4, -0.2) is 41.6 Å². The lowest BCUT2D eigenvalue weighted by atomic mass is 10.0. The molecule has 5 N–H and O–H groups in total. The molecule has 5 nitrogen and oxygen atoms in total. The van der Waals surface area contributed by atoms with Gasteiger partial charge in [-0.1, -0.05) is 18.2 Å². The number of nitrogens with two attached hydrogens (primary N) is 1. The van der Waals surface area contributed by atoms with Crippen molar-refractivity contribution in [3.05, 3.63) is 42.5 Å². The first-order chi connectivity index (χ1) is 10.2. The molecule has 0 aliphatic carbocycles. The van der Waals surface area contributed by atoms with Gasteiger partial charge in [0.2, 0.25) is 0 Å². The van der Waals surface area contributed by atoms with Crippen LogP contribution in [0, 0.1) is 0 Å². The first-order valence-electron chi connectivity index (χ1n) is 6.82. The number of para-hydroxylation sites is 1. The van der Waals surface area contributed by atoms with Crippen molar-refractivity contribution in [1.29, 1.82) is 0 Å². The largest absolute Gasteiger partial charge is 0.507 e. The van der Waals surface area contributed by atoms with Crippen LogP contribution in [-0.2, 0) is 0 Å². The molecule has 0 atom stereocenters. The van der Waals surface area contributed by atoms with Gasteiger partial charge in [0.05, 0.1) is 13.2 Å². The molecule has 5 heteroatoms. The fourth-order valence-corrected chi connectivity index (χ4v) is 2.34. The molecule has 21 heavy (non-hydrogen) atoms. The molecule has 0 heterocycles. The quantitative estimate of drug-likeness (QED) is 0.604. The van der Waals surface area contributed by atoms with Crippen molar-refractivity contribution >= 4 is 11.4 Å². The molecule has 0 radical (unpaired) electrons. The molecule has 0 spiro atoms. The van der Waals surface area contributed by atoms with E-state index in [0.29, 0.717) is 24.3 Å². The van der Waals surface area contributed by atoms with Gasteiger partial charge in [0.1, 0.15) is 5.75 Å². The summed E-state index contributed by atoms with van der Waals surface area (Å²) in [5, 5.41) is 28.5. The maximum atomic E-state index is 10.1. The number of nitrogen functional groups attached to an aromatic ring is 1. The van der Waals surface area contributed by atoms with Crippen LogP contribution in [0.3, 0.4) is 0 Å². The zero-order valence-corrected chi connectivity index (χ0v) is 11.7. The smallest absolute Gasteiger partial charge is 0.123 e. The van der Waals surface area contributed by atoms with E-state index in [1.807, 2.05) is 23.1 Å². The zero-order valence-electron chi connectivity index (χ0n) is 11.7. The highest BCUT2D eigenvalue weighted by Crippen LogP contribution is 2.37. The van der Waals surface area contributed by atoms with Gasteiger partial charge in [-0.05, 0) is 24.3 Å². The molecular weight excluding hydrogens is 268 g/mol. The highest BCUT2D eigenvalue weighted by atomic mass is 16.3. The van der Waals surface area contributed by atoms with Gasteiger partial charge in [-0.25, -0.2) is 0 Å². The highest BCUT2D eigenvalue weighted by Gasteiger charge is 2.14. The second-order valence-corrected chi connectivity index (χ2v) is 4.73. The van der Waals surface area contributed by atoms with Crippen molar-refractivity contribution in [3.63, 3.8) is 0 Å². The van der Waals surface area contributed by atoms with Crippen LogP contribution in [0.1, 0.15) is 0 Å². The third kappa shape index (κ3) is 3.45. The Morgan fingerprint density at radius 3 is 2.19 bits per heavy atom. The molecule has 0 unspecified atom stereocenters. The molecule has 0 fully saturated rings. The minimum Gasteiger partial charge on any atom is -0.507 e. The Kier molecular flexibility index (Phi) is 5.03. The first kappa shape index (κ1) is 15.2. The number of phenols is 1. The van der Waals surface area contributed by atoms with E-state index in [1.54, 1.807) is 24.3 Å². The van der Waals surface area contributed by atoms with Crippen LogP contribution >= 0.6 is 0 Å². The Morgan fingerprint density at radius 1 is 0.905 bits per heavy atom. The zero-order chi connectivity index (χ0) is 15.2. The number of benzene rings is 2. The first-order valence-corrected chi connectivity index (χ1v) is 6.82. The molecule has 0 aliphatic rings. The standard InChI is InChI=1S/C16H20N2O3/c17-12-5-6-15(18(7-9-19)8-10-20)14(11-12)13-3-1-2-4-16(13)21/h1-6,11,19-21H,7-10,17H2. The van der Waals surface area contributed by atoms with Gasteiger partial charge in [0.15, 0.2) is 0 Å². The van der Waals surface area contributed by atoms with Gasteiger partial charge in [-0.2, -0.15) is 0 Å². The van der Waals surface area contributed by atoms with Crippen LogP contribution < -0.4 is 10.6 Å². The maximum Gasteiger partial charge on any atom is 0.123 e. The number of aliphatic hydroxyl groups excluding tert-OH is 2. The van der Waals surface area contributed by atoms with E-state index in [2.05, 4.69) is 0 Å². The van der Waals surface area contributed by atoms with Crippen molar-refractivity contribution in [3.8, 4) is 16.9 Å². The number of anilines is 2. The number of aliphatic hydroxyl groups is 2. The second-order valence-electron chi connectivity index (χ2n) is 4.73. The number of aromatic hydroxyl groups is 1. The predicted molar refractivity (Wildman–Crippen MR) is 84.3 cm³/mol. The molecular formula is C16H20N2O3. The number of hydrogen-bond donors (Lipinski definition) is 4. The Morgan fingerprint density at radius 2 is 1.57 bits per heavy atom. The van der Waals surface area contributed by atoms with E-state index in [0.717, 1.165) is 11.3 Å². The second kappa shape index (κ2) is 6.97. The van der Waals surface area contributed by atoms with Gasteiger partial charge in [-0.3, -0.25) is 0 Å². The van der Waals surface area contributed by atoms with Gasteiger partial charge < -0.3 is 26.0 Å². The number of hydrogen-bond acceptors (Lipinski definition) is 5. The molecule has 0 saturated carbocycles. The summed E-state index contributed by atoms with van der Waals surface area (Å²) in [4.78, 5) is 1.86. The summed E-state index contributed by atoms with van der Waals surface area (Å²) in [5.74, 6) is 0.164. The number of rotatable bonds is 6. The van der Waals surface area contributed by atoms with E-state index < -0.39 is 0 Å². The molecule has 112 valence electrons. The molecule has 0 aromatic heterocycles. The van der Waals surface area contributed by atoms with E-state index in [1.165, 1.54) is 0 Å². The Balaban J connectivity index is 2.54. The van der Waals surface area contributed by atoms with E-state index >= 15 is 0 Å². The molecule has 0 bridgehead atoms. The summed E-state index contributed by atoms with van der Waals surface area (Å²) in [6.07, 6.45) is 0. The van der Waals surface area contributed by atoms with Crippen molar-refractivity contribution in [2.24, 2.45) is 0 Å². The summed E-state index contributed by atoms with van der Waals surface area (Å²) in [5.41, 5.74) is 8.71. The van der Waals surface area contributed by atoms with Gasteiger partial charge in [0.25, 0.3) is 0 Å². The summed E-state index contributed by atoms with van der Waals surface area (Å²) in [6.45, 7) is 0.741. The van der Waals surface area contributed by atoms with Gasteiger partial charge in [0, 0.05) is 35.6 Å². The van der Waals surface area contributed by atoms with E-state index in [9.17, 15) is 15.3 Å². The Bertz CT molecular complexity index is 596. The van der Waals surface area contributed by atoms with Crippen LogP contribution in [0.15, 0.2) is 42.5 Å². The van der Waals surface area contributed by atoms with E-state index in [-0.39, 0.29) is 19.0 Å². The highest BCUT2D eigenvalue weighted by molar-refractivity contribution is 5.84. The minimum atomic E-state index is -0.0232. The Hall–Kier alpha value is -2.24. The lowest BCUT2D eigenvalue weighted by Gasteiger charge is -2.26. The lowest BCUT2D eigenvalue weighted by molar-refractivity contribution is 0.281. The average molecular weight is 288 g/mol. The molecule has 2 rings (SSSR count). The van der Waals surface area contributed by atoms with Crippen molar-refractivity contribution in [2.75, 3.05) is 36.9 Å². The number of nitrogens with zero attached hydrogens (tertiary/aromatic N) is 1. The molecule has 2 aromatic carbocycles. The van der Waals surface area contributed by atoms with Gasteiger partial charge in [-0.15, -0.1) is 0 Å². The van der Waals surface area contributed by atoms with Crippen molar-refractivity contribution in [1.82, 2.24) is 0 Å². The summed E-state index contributed by atoms with van der Waals surface area (Å²) >= 11 is 0. The SMILES string of the molecule is Nc1ccc(N(CCO)CCO)c(-c2ccccc2O)c1. The fraction of sp³-hybridized carbons (Fsp3) is 0.250. The summed E-state index contributed by atoms with van der Waals surface area (Å²) in [7, 11) is 0. The molecule has 0 saturated heterocycles. The normalized spacial score (nSPS) is 10.6. The molecule has 0 amide bonds. The fourth-order valence-electron chi connectivity index (χ4n) is 2.34. The Labute approximate surface area is 123 Å². The number of phenolic OH excluding ortho intramolecular Hbond substituents is 1. The topological polar surface area (TPSA) is 90.0 Å². The van der Waals surface area contributed by atoms with Gasteiger partial charge >= 0.3 is 0 Å². The lowest BCUT2D eigenvalue weighted by Crippen LogP contribution is -2.30. The third-order valence-corrected chi connectivity index (χ3v) is 3.30. The van der Waals surface area contributed by atoms with E-state index in [4.69, 9.17) is 5.73 Å². The van der Waals surface area contributed by atoms with Crippen LogP contribution in [0.5, 0.6) is 5.75 Å². The van der Waals surface area contributed by atoms with Crippen LogP contribution in [0.2, 0.25) is 0 Å². The summed E-state index contributed by atoms with van der Waals surface area (Å²) in [6, 6.07) is 12.4.